The number of benzene rings is 1. The molecule has 0 spiro atoms. The van der Waals surface area contributed by atoms with E-state index in [9.17, 15) is 9.59 Å². The van der Waals surface area contributed by atoms with Crippen LogP contribution in [0.5, 0.6) is 5.75 Å². The van der Waals surface area contributed by atoms with E-state index in [4.69, 9.17) is 9.84 Å². The van der Waals surface area contributed by atoms with Crippen LogP contribution in [0.4, 0.5) is 10.5 Å². The first-order valence-corrected chi connectivity index (χ1v) is 6.61. The second-order valence-electron chi connectivity index (χ2n) is 4.39. The predicted octanol–water partition coefficient (Wildman–Crippen LogP) is 2.82. The van der Waals surface area contributed by atoms with E-state index < -0.39 is 5.97 Å². The summed E-state index contributed by atoms with van der Waals surface area (Å²) in [5.41, 5.74) is 0.527. The number of carboxylic acids is 1. The van der Waals surface area contributed by atoms with Gasteiger partial charge in [0.15, 0.2) is 0 Å². The van der Waals surface area contributed by atoms with E-state index in [0.717, 1.165) is 6.42 Å². The maximum atomic E-state index is 12.1. The number of carbonyl (C=O) groups excluding carboxylic acids is 1. The molecule has 0 saturated heterocycles. The third-order valence-electron chi connectivity index (χ3n) is 2.81. The van der Waals surface area contributed by atoms with Gasteiger partial charge >= 0.3 is 12.0 Å². The minimum Gasteiger partial charge on any atom is -0.496 e. The number of nitrogens with zero attached hydrogens (tertiary/aromatic N) is 1. The highest BCUT2D eigenvalue weighted by molar-refractivity contribution is 5.94. The molecule has 0 aromatic heterocycles. The van der Waals surface area contributed by atoms with Gasteiger partial charge < -0.3 is 20.1 Å². The quantitative estimate of drug-likeness (QED) is 0.757. The third kappa shape index (κ3) is 4.52. The molecule has 1 rings (SSSR count). The average Bonchev–Trinajstić information content (AvgIpc) is 2.46. The van der Waals surface area contributed by atoms with Crippen LogP contribution in [0.15, 0.2) is 30.9 Å². The number of carbonyl (C=O) groups is 2. The summed E-state index contributed by atoms with van der Waals surface area (Å²) in [7, 11) is 1.38. The molecule has 114 valence electrons. The molecule has 0 heterocycles. The van der Waals surface area contributed by atoms with Crippen molar-refractivity contribution < 1.29 is 19.4 Å². The highest BCUT2D eigenvalue weighted by Crippen LogP contribution is 2.23. The summed E-state index contributed by atoms with van der Waals surface area (Å²) in [5, 5.41) is 11.7. The predicted molar refractivity (Wildman–Crippen MR) is 81.0 cm³/mol. The number of nitrogens with one attached hydrogen (secondary N) is 1. The second kappa shape index (κ2) is 7.94. The van der Waals surface area contributed by atoms with Crippen LogP contribution in [0.25, 0.3) is 0 Å². The van der Waals surface area contributed by atoms with Crippen molar-refractivity contribution >= 4 is 17.7 Å². The molecule has 0 saturated carbocycles. The molecular weight excluding hydrogens is 272 g/mol. The Kier molecular flexibility index (Phi) is 6.26. The summed E-state index contributed by atoms with van der Waals surface area (Å²) in [6.07, 6.45) is 2.49. The van der Waals surface area contributed by atoms with Gasteiger partial charge in [-0.15, -0.1) is 6.58 Å². The van der Waals surface area contributed by atoms with Crippen LogP contribution in [0, 0.1) is 0 Å². The van der Waals surface area contributed by atoms with Crippen LogP contribution in [-0.2, 0) is 0 Å². The van der Waals surface area contributed by atoms with Crippen molar-refractivity contribution in [3.63, 3.8) is 0 Å². The molecule has 0 aliphatic heterocycles. The first kappa shape index (κ1) is 16.6. The van der Waals surface area contributed by atoms with Gasteiger partial charge in [-0.3, -0.25) is 0 Å². The largest absolute Gasteiger partial charge is 0.496 e. The van der Waals surface area contributed by atoms with Crippen LogP contribution in [0.3, 0.4) is 0 Å². The van der Waals surface area contributed by atoms with Crippen molar-refractivity contribution in [2.45, 2.75) is 13.3 Å². The molecule has 21 heavy (non-hydrogen) atoms. The molecule has 0 aliphatic carbocycles. The zero-order valence-electron chi connectivity index (χ0n) is 12.3. The van der Waals surface area contributed by atoms with E-state index in [1.165, 1.54) is 25.3 Å². The number of rotatable bonds is 7. The van der Waals surface area contributed by atoms with Crippen molar-refractivity contribution in [2.75, 3.05) is 25.5 Å². The SMILES string of the molecule is C=CCN(CCC)C(=O)Nc1ccc(C(=O)O)c(OC)c1. The van der Waals surface area contributed by atoms with Crippen molar-refractivity contribution in [3.05, 3.63) is 36.4 Å². The van der Waals surface area contributed by atoms with Gasteiger partial charge in [0.05, 0.1) is 7.11 Å². The highest BCUT2D eigenvalue weighted by Gasteiger charge is 2.14. The molecule has 0 radical (unpaired) electrons. The normalized spacial score (nSPS) is 9.81. The molecule has 2 amide bonds. The Bertz CT molecular complexity index is 528. The Labute approximate surface area is 124 Å². The van der Waals surface area contributed by atoms with Gasteiger partial charge in [0.2, 0.25) is 0 Å². The smallest absolute Gasteiger partial charge is 0.339 e. The van der Waals surface area contributed by atoms with Crippen molar-refractivity contribution in [3.8, 4) is 5.75 Å². The average molecular weight is 292 g/mol. The standard InChI is InChI=1S/C15H20N2O4/c1-4-8-17(9-5-2)15(20)16-11-6-7-12(14(18)19)13(10-11)21-3/h4,6-7,10H,1,5,8-9H2,2-3H3,(H,16,20)(H,18,19). The molecule has 6 heteroatoms. The Morgan fingerprint density at radius 2 is 2.19 bits per heavy atom. The minimum absolute atomic E-state index is 0.0482. The van der Waals surface area contributed by atoms with Gasteiger partial charge in [0.1, 0.15) is 11.3 Å². The monoisotopic (exact) mass is 292 g/mol. The van der Waals surface area contributed by atoms with Crippen molar-refractivity contribution in [1.82, 2.24) is 4.90 Å². The highest BCUT2D eigenvalue weighted by atomic mass is 16.5. The van der Waals surface area contributed by atoms with Gasteiger partial charge in [-0.1, -0.05) is 13.0 Å². The molecule has 6 nitrogen and oxygen atoms in total. The summed E-state index contributed by atoms with van der Waals surface area (Å²) >= 11 is 0. The number of aromatic carboxylic acids is 1. The minimum atomic E-state index is -1.08. The number of amides is 2. The topological polar surface area (TPSA) is 78.9 Å². The molecule has 0 fully saturated rings. The molecule has 0 aliphatic rings. The van der Waals surface area contributed by atoms with Gasteiger partial charge in [-0.2, -0.15) is 0 Å². The molecule has 0 unspecified atom stereocenters. The van der Waals surface area contributed by atoms with E-state index in [2.05, 4.69) is 11.9 Å². The van der Waals surface area contributed by atoms with E-state index in [0.29, 0.717) is 18.8 Å². The Hall–Kier alpha value is -2.50. The Morgan fingerprint density at radius 3 is 2.71 bits per heavy atom. The number of carboxylic acid groups (broad SMARTS) is 1. The molecular formula is C15H20N2O4. The summed E-state index contributed by atoms with van der Waals surface area (Å²) < 4.78 is 5.02. The van der Waals surface area contributed by atoms with Crippen LogP contribution in [0.1, 0.15) is 23.7 Å². The zero-order chi connectivity index (χ0) is 15.8. The first-order valence-electron chi connectivity index (χ1n) is 6.61. The number of hydrogen-bond donors (Lipinski definition) is 2. The van der Waals surface area contributed by atoms with E-state index in [-0.39, 0.29) is 17.3 Å². The van der Waals surface area contributed by atoms with E-state index in [1.54, 1.807) is 11.0 Å². The molecule has 2 N–H and O–H groups in total. The zero-order valence-corrected chi connectivity index (χ0v) is 12.3. The molecule has 1 aromatic rings. The molecule has 0 bridgehead atoms. The van der Waals surface area contributed by atoms with Gasteiger partial charge in [0.25, 0.3) is 0 Å². The first-order chi connectivity index (χ1) is 10.0. The number of ether oxygens (including phenoxy) is 1. The van der Waals surface area contributed by atoms with Crippen LogP contribution >= 0.6 is 0 Å². The summed E-state index contributed by atoms with van der Waals surface area (Å²) in [6.45, 7) is 6.67. The van der Waals surface area contributed by atoms with Crippen molar-refractivity contribution in [1.29, 1.82) is 0 Å². The number of urea groups is 1. The fraction of sp³-hybridized carbons (Fsp3) is 0.333. The summed E-state index contributed by atoms with van der Waals surface area (Å²) in [5.74, 6) is -0.880. The lowest BCUT2D eigenvalue weighted by Crippen LogP contribution is -2.35. The fourth-order valence-electron chi connectivity index (χ4n) is 1.85. The fourth-order valence-corrected chi connectivity index (χ4v) is 1.85. The lowest BCUT2D eigenvalue weighted by molar-refractivity contribution is 0.0693. The van der Waals surface area contributed by atoms with Crippen LogP contribution in [-0.4, -0.2) is 42.2 Å². The number of anilines is 1. The molecule has 0 atom stereocenters. The van der Waals surface area contributed by atoms with Gasteiger partial charge in [-0.25, -0.2) is 9.59 Å². The lowest BCUT2D eigenvalue weighted by atomic mass is 10.2. The van der Waals surface area contributed by atoms with E-state index >= 15 is 0 Å². The van der Waals surface area contributed by atoms with Gasteiger partial charge in [-0.05, 0) is 18.6 Å². The summed E-state index contributed by atoms with van der Waals surface area (Å²) in [4.78, 5) is 24.7. The van der Waals surface area contributed by atoms with Crippen LogP contribution in [0.2, 0.25) is 0 Å². The third-order valence-corrected chi connectivity index (χ3v) is 2.81. The second-order valence-corrected chi connectivity index (χ2v) is 4.39. The Morgan fingerprint density at radius 1 is 1.48 bits per heavy atom. The van der Waals surface area contributed by atoms with Crippen molar-refractivity contribution in [2.24, 2.45) is 0 Å². The number of methoxy groups -OCH3 is 1. The van der Waals surface area contributed by atoms with Crippen LogP contribution < -0.4 is 10.1 Å². The summed E-state index contributed by atoms with van der Waals surface area (Å²) in [6, 6.07) is 4.15. The number of hydrogen-bond acceptors (Lipinski definition) is 3. The van der Waals surface area contributed by atoms with Gasteiger partial charge in [0, 0.05) is 24.8 Å². The Balaban J connectivity index is 2.89. The maximum Gasteiger partial charge on any atom is 0.339 e. The molecule has 1 aromatic carbocycles. The lowest BCUT2D eigenvalue weighted by Gasteiger charge is -2.21. The van der Waals surface area contributed by atoms with E-state index in [1.807, 2.05) is 6.92 Å². The maximum absolute atomic E-state index is 12.1.